The average Bonchev–Trinajstić information content (AvgIpc) is 2.60. The molecule has 0 radical (unpaired) electrons. The number of benzene rings is 1. The molecule has 1 aliphatic rings. The van der Waals surface area contributed by atoms with Crippen LogP contribution in [0.25, 0.3) is 0 Å². The molecule has 0 atom stereocenters. The van der Waals surface area contributed by atoms with Crippen molar-refractivity contribution in [2.24, 2.45) is 0 Å². The van der Waals surface area contributed by atoms with Gasteiger partial charge in [0.15, 0.2) is 0 Å². The van der Waals surface area contributed by atoms with Crippen LogP contribution in [-0.2, 0) is 9.53 Å². The fourth-order valence-corrected chi connectivity index (χ4v) is 2.58. The van der Waals surface area contributed by atoms with Crippen LogP contribution in [0.5, 0.6) is 0 Å². The molecule has 6 nitrogen and oxygen atoms in total. The van der Waals surface area contributed by atoms with Gasteiger partial charge in [0.05, 0.1) is 13.2 Å². The summed E-state index contributed by atoms with van der Waals surface area (Å²) < 4.78 is 4.88. The zero-order valence-corrected chi connectivity index (χ0v) is 13.6. The lowest BCUT2D eigenvalue weighted by Gasteiger charge is -2.26. The number of methoxy groups -OCH3 is 1. The number of nitrogens with one attached hydrogen (secondary N) is 2. The molecule has 126 valence electrons. The van der Waals surface area contributed by atoms with Gasteiger partial charge in [0, 0.05) is 38.0 Å². The molecule has 1 fully saturated rings. The first-order valence-electron chi connectivity index (χ1n) is 8.09. The summed E-state index contributed by atoms with van der Waals surface area (Å²) in [6.07, 6.45) is 3.35. The lowest BCUT2D eigenvalue weighted by Crippen LogP contribution is -2.35. The lowest BCUT2D eigenvalue weighted by atomic mass is 10.1. The van der Waals surface area contributed by atoms with Gasteiger partial charge in [-0.1, -0.05) is 6.07 Å². The third-order valence-corrected chi connectivity index (χ3v) is 3.83. The molecule has 0 aliphatic carbocycles. The van der Waals surface area contributed by atoms with Gasteiger partial charge in [0.1, 0.15) is 0 Å². The van der Waals surface area contributed by atoms with Crippen molar-refractivity contribution in [3.05, 3.63) is 29.8 Å². The minimum Gasteiger partial charge on any atom is -0.383 e. The molecule has 1 aromatic rings. The van der Waals surface area contributed by atoms with E-state index in [0.29, 0.717) is 18.7 Å². The Hall–Kier alpha value is -2.08. The van der Waals surface area contributed by atoms with E-state index in [1.807, 2.05) is 23.1 Å². The summed E-state index contributed by atoms with van der Waals surface area (Å²) in [6, 6.07) is 7.32. The SMILES string of the molecule is COCCNC(=O)CNc1cccc(C(=O)N2CCCCC2)c1. The highest BCUT2D eigenvalue weighted by atomic mass is 16.5. The number of piperidine rings is 1. The van der Waals surface area contributed by atoms with E-state index in [-0.39, 0.29) is 18.4 Å². The molecule has 1 heterocycles. The second-order valence-electron chi connectivity index (χ2n) is 5.63. The summed E-state index contributed by atoms with van der Waals surface area (Å²) in [5, 5.41) is 5.79. The van der Waals surface area contributed by atoms with E-state index in [9.17, 15) is 9.59 Å². The highest BCUT2D eigenvalue weighted by Gasteiger charge is 2.18. The molecule has 1 saturated heterocycles. The molecule has 2 N–H and O–H groups in total. The van der Waals surface area contributed by atoms with E-state index < -0.39 is 0 Å². The van der Waals surface area contributed by atoms with Gasteiger partial charge >= 0.3 is 0 Å². The minimum atomic E-state index is -0.102. The molecule has 2 rings (SSSR count). The van der Waals surface area contributed by atoms with Gasteiger partial charge in [0.25, 0.3) is 5.91 Å². The number of hydrogen-bond acceptors (Lipinski definition) is 4. The van der Waals surface area contributed by atoms with Crippen molar-refractivity contribution in [3.8, 4) is 0 Å². The van der Waals surface area contributed by atoms with Crippen LogP contribution < -0.4 is 10.6 Å². The molecule has 1 aromatic carbocycles. The zero-order chi connectivity index (χ0) is 16.5. The second kappa shape index (κ2) is 9.15. The number of carbonyl (C=O) groups excluding carboxylic acids is 2. The Bertz CT molecular complexity index is 528. The summed E-state index contributed by atoms with van der Waals surface area (Å²) >= 11 is 0. The largest absolute Gasteiger partial charge is 0.383 e. The van der Waals surface area contributed by atoms with E-state index in [0.717, 1.165) is 31.6 Å². The van der Waals surface area contributed by atoms with Crippen LogP contribution in [0.1, 0.15) is 29.6 Å². The molecule has 1 aliphatic heterocycles. The number of nitrogens with zero attached hydrogens (tertiary/aromatic N) is 1. The van der Waals surface area contributed by atoms with Gasteiger partial charge in [0.2, 0.25) is 5.91 Å². The summed E-state index contributed by atoms with van der Waals surface area (Å²) in [7, 11) is 1.59. The molecule has 0 aromatic heterocycles. The molecular formula is C17H25N3O3. The number of anilines is 1. The van der Waals surface area contributed by atoms with Crippen molar-refractivity contribution >= 4 is 17.5 Å². The van der Waals surface area contributed by atoms with Crippen LogP contribution in [0, 0.1) is 0 Å². The van der Waals surface area contributed by atoms with Crippen molar-refractivity contribution in [2.75, 3.05) is 45.2 Å². The third-order valence-electron chi connectivity index (χ3n) is 3.83. The van der Waals surface area contributed by atoms with Crippen molar-refractivity contribution in [1.29, 1.82) is 0 Å². The van der Waals surface area contributed by atoms with Crippen LogP contribution in [-0.4, -0.2) is 56.6 Å². The van der Waals surface area contributed by atoms with Crippen LogP contribution in [0.15, 0.2) is 24.3 Å². The molecule has 0 saturated carbocycles. The van der Waals surface area contributed by atoms with Gasteiger partial charge in [-0.15, -0.1) is 0 Å². The van der Waals surface area contributed by atoms with Crippen molar-refractivity contribution in [2.45, 2.75) is 19.3 Å². The predicted octanol–water partition coefficient (Wildman–Crippen LogP) is 1.49. The van der Waals surface area contributed by atoms with Gasteiger partial charge in [-0.25, -0.2) is 0 Å². The van der Waals surface area contributed by atoms with Crippen molar-refractivity contribution in [1.82, 2.24) is 10.2 Å². The molecule has 2 amide bonds. The summed E-state index contributed by atoms with van der Waals surface area (Å²) in [5.41, 5.74) is 1.44. The number of ether oxygens (including phenoxy) is 1. The first-order valence-corrected chi connectivity index (χ1v) is 8.09. The Labute approximate surface area is 137 Å². The van der Waals surface area contributed by atoms with Crippen LogP contribution in [0.2, 0.25) is 0 Å². The normalized spacial score (nSPS) is 14.4. The molecule has 6 heteroatoms. The molecule has 0 spiro atoms. The number of carbonyl (C=O) groups is 2. The zero-order valence-electron chi connectivity index (χ0n) is 13.6. The Morgan fingerprint density at radius 1 is 1.22 bits per heavy atom. The van der Waals surface area contributed by atoms with Crippen molar-refractivity contribution < 1.29 is 14.3 Å². The summed E-state index contributed by atoms with van der Waals surface area (Å²) in [4.78, 5) is 26.0. The smallest absolute Gasteiger partial charge is 0.253 e. The van der Waals surface area contributed by atoms with Crippen LogP contribution >= 0.6 is 0 Å². The number of rotatable bonds is 7. The Balaban J connectivity index is 1.86. The highest BCUT2D eigenvalue weighted by molar-refractivity contribution is 5.95. The predicted molar refractivity (Wildman–Crippen MR) is 89.6 cm³/mol. The van der Waals surface area contributed by atoms with Gasteiger partial charge in [-0.3, -0.25) is 9.59 Å². The second-order valence-corrected chi connectivity index (χ2v) is 5.63. The number of amides is 2. The average molecular weight is 319 g/mol. The third kappa shape index (κ3) is 5.56. The minimum absolute atomic E-state index is 0.0675. The van der Waals surface area contributed by atoms with E-state index >= 15 is 0 Å². The standard InChI is InChI=1S/C17H25N3O3/c1-23-11-8-18-16(21)13-19-15-7-5-6-14(12-15)17(22)20-9-3-2-4-10-20/h5-7,12,19H,2-4,8-11,13H2,1H3,(H,18,21). The van der Waals surface area contributed by atoms with Gasteiger partial charge in [-0.2, -0.15) is 0 Å². The number of hydrogen-bond donors (Lipinski definition) is 2. The maximum atomic E-state index is 12.5. The molecular weight excluding hydrogens is 294 g/mol. The fraction of sp³-hybridized carbons (Fsp3) is 0.529. The van der Waals surface area contributed by atoms with Gasteiger partial charge in [-0.05, 0) is 37.5 Å². The fourth-order valence-electron chi connectivity index (χ4n) is 2.58. The Kier molecular flexibility index (Phi) is 6.87. The summed E-state index contributed by atoms with van der Waals surface area (Å²) in [5.74, 6) is -0.0345. The van der Waals surface area contributed by atoms with Crippen LogP contribution in [0.4, 0.5) is 5.69 Å². The van der Waals surface area contributed by atoms with Crippen LogP contribution in [0.3, 0.4) is 0 Å². The monoisotopic (exact) mass is 319 g/mol. The quantitative estimate of drug-likeness (QED) is 0.747. The van der Waals surface area contributed by atoms with E-state index in [1.165, 1.54) is 6.42 Å². The molecule has 0 bridgehead atoms. The van der Waals surface area contributed by atoms with Gasteiger partial charge < -0.3 is 20.3 Å². The maximum absolute atomic E-state index is 12.5. The Morgan fingerprint density at radius 3 is 2.74 bits per heavy atom. The topological polar surface area (TPSA) is 70.7 Å². The van der Waals surface area contributed by atoms with E-state index in [2.05, 4.69) is 10.6 Å². The van der Waals surface area contributed by atoms with E-state index in [4.69, 9.17) is 4.74 Å². The highest BCUT2D eigenvalue weighted by Crippen LogP contribution is 2.16. The molecule has 23 heavy (non-hydrogen) atoms. The maximum Gasteiger partial charge on any atom is 0.253 e. The van der Waals surface area contributed by atoms with E-state index in [1.54, 1.807) is 13.2 Å². The Morgan fingerprint density at radius 2 is 2.00 bits per heavy atom. The number of likely N-dealkylation sites (tertiary alicyclic amines) is 1. The molecule has 0 unspecified atom stereocenters. The summed E-state index contributed by atoms with van der Waals surface area (Å²) in [6.45, 7) is 2.82. The first-order chi connectivity index (χ1) is 11.2. The lowest BCUT2D eigenvalue weighted by molar-refractivity contribution is -0.119. The van der Waals surface area contributed by atoms with Crippen molar-refractivity contribution in [3.63, 3.8) is 0 Å². The first kappa shape index (κ1) is 17.3.